The Kier molecular flexibility index (Phi) is 5.72. The third-order valence-corrected chi connectivity index (χ3v) is 2.92. The zero-order valence-corrected chi connectivity index (χ0v) is 10.1. The molecule has 1 aliphatic rings. The van der Waals surface area contributed by atoms with Crippen LogP contribution in [0.25, 0.3) is 0 Å². The molecule has 0 aromatic rings. The number of hydrogen-bond donors (Lipinski definition) is 1. The minimum Gasteiger partial charge on any atom is -0.305 e. The van der Waals surface area contributed by atoms with E-state index in [4.69, 9.17) is 0 Å². The Morgan fingerprint density at radius 3 is 1.92 bits per heavy atom. The van der Waals surface area contributed by atoms with Gasteiger partial charge in [0.1, 0.15) is 0 Å². The van der Waals surface area contributed by atoms with E-state index in [1.807, 2.05) is 0 Å². The summed E-state index contributed by atoms with van der Waals surface area (Å²) in [6, 6.07) is 0.769. The highest BCUT2D eigenvalue weighted by atomic mass is 31.1. The fourth-order valence-electron chi connectivity index (χ4n) is 1.89. The van der Waals surface area contributed by atoms with Gasteiger partial charge in [0.05, 0.1) is 0 Å². The van der Waals surface area contributed by atoms with Crippen molar-refractivity contribution in [2.45, 2.75) is 56.5 Å². The topological polar surface area (TPSA) is 12.0 Å². The van der Waals surface area contributed by atoms with Gasteiger partial charge in [0, 0.05) is 11.6 Å². The van der Waals surface area contributed by atoms with Gasteiger partial charge >= 0.3 is 0 Å². The summed E-state index contributed by atoms with van der Waals surface area (Å²) >= 11 is 0. The summed E-state index contributed by atoms with van der Waals surface area (Å²) in [6.07, 6.45) is 9.92. The molecule has 1 aliphatic carbocycles. The first-order valence-corrected chi connectivity index (χ1v) is 6.39. The van der Waals surface area contributed by atoms with Crippen molar-refractivity contribution in [3.8, 4) is 0 Å². The number of rotatable bonds is 2. The monoisotopic (exact) mass is 205 g/mol. The van der Waals surface area contributed by atoms with E-state index in [-0.39, 0.29) is 0 Å². The number of nitrogens with one attached hydrogen (secondary N) is 1. The minimum absolute atomic E-state index is 0.495. The number of hydrogen-bond acceptors (Lipinski definition) is 1. The van der Waals surface area contributed by atoms with Crippen LogP contribution in [0.4, 0.5) is 0 Å². The van der Waals surface area contributed by atoms with E-state index in [1.165, 1.54) is 44.9 Å². The van der Waals surface area contributed by atoms with Crippen LogP contribution < -0.4 is 5.32 Å². The molecule has 0 bridgehead atoms. The van der Waals surface area contributed by atoms with Crippen LogP contribution >= 0.6 is 18.5 Å². The fourth-order valence-corrected chi connectivity index (χ4v) is 2.44. The van der Waals surface area contributed by atoms with Gasteiger partial charge in [-0.3, -0.25) is 0 Å². The highest BCUT2D eigenvalue weighted by Crippen LogP contribution is 2.19. The second-order valence-electron chi connectivity index (χ2n) is 3.73. The van der Waals surface area contributed by atoms with Gasteiger partial charge in [-0.2, -0.15) is 0 Å². The third kappa shape index (κ3) is 4.75. The van der Waals surface area contributed by atoms with Crippen LogP contribution in [0.5, 0.6) is 0 Å². The van der Waals surface area contributed by atoms with E-state index < -0.39 is 0 Å². The average molecular weight is 205 g/mol. The van der Waals surface area contributed by atoms with E-state index in [2.05, 4.69) is 23.8 Å². The molecule has 0 spiro atoms. The second-order valence-corrected chi connectivity index (χ2v) is 5.94. The summed E-state index contributed by atoms with van der Waals surface area (Å²) in [5.74, 6) is 0. The lowest BCUT2D eigenvalue weighted by atomic mass is 9.97. The molecule has 0 amide bonds. The standard InChI is InChI=1S/C9H21NP2/c11-9(12)10-8-6-4-2-1-3-5-7-8/h8-10H,1-7,11-12H2. The summed E-state index contributed by atoms with van der Waals surface area (Å²) in [7, 11) is 5.57. The minimum atomic E-state index is 0.495. The van der Waals surface area contributed by atoms with Crippen LogP contribution in [-0.2, 0) is 0 Å². The van der Waals surface area contributed by atoms with Crippen molar-refractivity contribution in [1.29, 1.82) is 0 Å². The van der Waals surface area contributed by atoms with Crippen molar-refractivity contribution in [3.63, 3.8) is 0 Å². The van der Waals surface area contributed by atoms with Gasteiger partial charge in [0.2, 0.25) is 0 Å². The molecule has 0 aromatic carbocycles. The molecule has 2 atom stereocenters. The molecule has 0 heterocycles. The van der Waals surface area contributed by atoms with E-state index in [0.717, 1.165) is 6.04 Å². The van der Waals surface area contributed by atoms with Crippen molar-refractivity contribution in [3.05, 3.63) is 0 Å². The lowest BCUT2D eigenvalue weighted by Crippen LogP contribution is -2.32. The first-order chi connectivity index (χ1) is 5.79. The van der Waals surface area contributed by atoms with Crippen LogP contribution in [0.2, 0.25) is 0 Å². The fraction of sp³-hybridized carbons (Fsp3) is 1.00. The largest absolute Gasteiger partial charge is 0.305 e. The molecule has 1 N–H and O–H groups in total. The molecule has 1 saturated carbocycles. The lowest BCUT2D eigenvalue weighted by molar-refractivity contribution is 0.402. The van der Waals surface area contributed by atoms with E-state index in [0.29, 0.717) is 5.52 Å². The molecule has 12 heavy (non-hydrogen) atoms. The Balaban J connectivity index is 2.20. The highest BCUT2D eigenvalue weighted by molar-refractivity contribution is 7.37. The van der Waals surface area contributed by atoms with Crippen molar-refractivity contribution in [2.24, 2.45) is 0 Å². The van der Waals surface area contributed by atoms with Gasteiger partial charge in [-0.15, -0.1) is 18.5 Å². The first kappa shape index (κ1) is 10.9. The summed E-state index contributed by atoms with van der Waals surface area (Å²) in [5, 5.41) is 3.58. The van der Waals surface area contributed by atoms with Crippen molar-refractivity contribution in [1.82, 2.24) is 5.32 Å². The van der Waals surface area contributed by atoms with Crippen LogP contribution in [0, 0.1) is 0 Å². The summed E-state index contributed by atoms with van der Waals surface area (Å²) in [5.41, 5.74) is 0.495. The zero-order valence-electron chi connectivity index (χ0n) is 7.76. The lowest BCUT2D eigenvalue weighted by Gasteiger charge is -2.22. The summed E-state index contributed by atoms with van der Waals surface area (Å²) in [6.45, 7) is 0. The summed E-state index contributed by atoms with van der Waals surface area (Å²) < 4.78 is 0. The van der Waals surface area contributed by atoms with E-state index in [1.54, 1.807) is 0 Å². The maximum absolute atomic E-state index is 3.58. The van der Waals surface area contributed by atoms with Crippen molar-refractivity contribution < 1.29 is 0 Å². The smallest absolute Gasteiger partial charge is 0.0354 e. The molecular formula is C9H21NP2. The maximum Gasteiger partial charge on any atom is 0.0354 e. The molecule has 0 aromatic heterocycles. The molecule has 1 fully saturated rings. The average Bonchev–Trinajstić information content (AvgIpc) is 1.93. The van der Waals surface area contributed by atoms with Crippen LogP contribution in [-0.4, -0.2) is 11.6 Å². The molecule has 0 radical (unpaired) electrons. The van der Waals surface area contributed by atoms with Gasteiger partial charge in [-0.25, -0.2) is 0 Å². The van der Waals surface area contributed by atoms with Gasteiger partial charge in [0.15, 0.2) is 0 Å². The normalized spacial score (nSPS) is 22.2. The SMILES string of the molecule is PC(P)NC1CCCCCCC1. The Morgan fingerprint density at radius 1 is 0.917 bits per heavy atom. The van der Waals surface area contributed by atoms with Crippen LogP contribution in [0.3, 0.4) is 0 Å². The second kappa shape index (κ2) is 6.30. The predicted octanol–water partition coefficient (Wildman–Crippen LogP) is 2.72. The predicted molar refractivity (Wildman–Crippen MR) is 62.5 cm³/mol. The molecular weight excluding hydrogens is 184 g/mol. The van der Waals surface area contributed by atoms with Crippen LogP contribution in [0.15, 0.2) is 0 Å². The highest BCUT2D eigenvalue weighted by Gasteiger charge is 2.11. The Morgan fingerprint density at radius 2 is 1.42 bits per heavy atom. The van der Waals surface area contributed by atoms with Crippen molar-refractivity contribution >= 4 is 18.5 Å². The van der Waals surface area contributed by atoms with Gasteiger partial charge in [-0.1, -0.05) is 32.1 Å². The van der Waals surface area contributed by atoms with Gasteiger partial charge in [0.25, 0.3) is 0 Å². The van der Waals surface area contributed by atoms with E-state index >= 15 is 0 Å². The molecule has 72 valence electrons. The molecule has 1 rings (SSSR count). The van der Waals surface area contributed by atoms with Gasteiger partial charge < -0.3 is 5.32 Å². The molecule has 0 aliphatic heterocycles. The van der Waals surface area contributed by atoms with E-state index in [9.17, 15) is 0 Å². The molecule has 2 unspecified atom stereocenters. The molecule has 1 nitrogen and oxygen atoms in total. The third-order valence-electron chi connectivity index (χ3n) is 2.53. The first-order valence-electron chi connectivity index (χ1n) is 5.06. The quantitative estimate of drug-likeness (QED) is 0.683. The Hall–Kier alpha value is 0.820. The van der Waals surface area contributed by atoms with Crippen molar-refractivity contribution in [2.75, 3.05) is 0 Å². The summed E-state index contributed by atoms with van der Waals surface area (Å²) in [4.78, 5) is 0. The van der Waals surface area contributed by atoms with Crippen LogP contribution in [0.1, 0.15) is 44.9 Å². The maximum atomic E-state index is 3.58. The Bertz CT molecular complexity index is 109. The zero-order chi connectivity index (χ0) is 8.81. The van der Waals surface area contributed by atoms with Gasteiger partial charge in [-0.05, 0) is 12.8 Å². The molecule has 3 heteroatoms. The Labute approximate surface area is 80.9 Å². The molecule has 0 saturated heterocycles.